The Bertz CT molecular complexity index is 713. The number of ether oxygens (including phenoxy) is 1. The van der Waals surface area contributed by atoms with E-state index in [0.717, 1.165) is 29.1 Å². The van der Waals surface area contributed by atoms with Gasteiger partial charge in [0, 0.05) is 34.6 Å². The molecule has 148 valence electrons. The standard InChI is InChI=1S/C21H26I3NO2/c1-25-20(6-2-3-7-20)12-15(13-21(25)8-4-5-9-21)27-19(26)16-10-14(22)11-17(23)18(16)24/h10-11,15H,2-9,12-13H2,1H3. The molecule has 6 heteroatoms. The largest absolute Gasteiger partial charge is 0.459 e. The Morgan fingerprint density at radius 1 is 1.00 bits per heavy atom. The van der Waals surface area contributed by atoms with Crippen molar-refractivity contribution < 1.29 is 9.53 Å². The molecule has 0 atom stereocenters. The van der Waals surface area contributed by atoms with E-state index < -0.39 is 0 Å². The number of piperidine rings is 1. The third kappa shape index (κ3) is 3.94. The summed E-state index contributed by atoms with van der Waals surface area (Å²) in [6.45, 7) is 0. The Balaban J connectivity index is 1.59. The second-order valence-electron chi connectivity index (χ2n) is 8.61. The van der Waals surface area contributed by atoms with Gasteiger partial charge in [-0.05, 0) is 113 Å². The molecule has 1 saturated heterocycles. The van der Waals surface area contributed by atoms with Crippen LogP contribution >= 0.6 is 67.8 Å². The van der Waals surface area contributed by atoms with Crippen molar-refractivity contribution in [2.75, 3.05) is 7.05 Å². The van der Waals surface area contributed by atoms with Crippen molar-refractivity contribution in [3.63, 3.8) is 0 Å². The molecule has 0 bridgehead atoms. The molecule has 3 nitrogen and oxygen atoms in total. The summed E-state index contributed by atoms with van der Waals surface area (Å²) >= 11 is 6.87. The van der Waals surface area contributed by atoms with E-state index in [4.69, 9.17) is 4.74 Å². The van der Waals surface area contributed by atoms with E-state index in [1.165, 1.54) is 51.4 Å². The molecule has 1 aliphatic heterocycles. The highest BCUT2D eigenvalue weighted by Crippen LogP contribution is 2.52. The number of halogens is 3. The summed E-state index contributed by atoms with van der Waals surface area (Å²) in [6, 6.07) is 4.08. The zero-order chi connectivity index (χ0) is 19.2. The van der Waals surface area contributed by atoms with Crippen LogP contribution in [-0.4, -0.2) is 35.1 Å². The van der Waals surface area contributed by atoms with Gasteiger partial charge < -0.3 is 4.74 Å². The van der Waals surface area contributed by atoms with E-state index in [-0.39, 0.29) is 23.2 Å². The van der Waals surface area contributed by atoms with E-state index in [0.29, 0.717) is 0 Å². The number of benzene rings is 1. The maximum absolute atomic E-state index is 13.1. The fourth-order valence-electron chi connectivity index (χ4n) is 5.84. The van der Waals surface area contributed by atoms with E-state index in [9.17, 15) is 4.79 Å². The highest BCUT2D eigenvalue weighted by Gasteiger charge is 2.55. The molecule has 1 heterocycles. The predicted octanol–water partition coefficient (Wildman–Crippen LogP) is 6.38. The monoisotopic (exact) mass is 705 g/mol. The lowest BCUT2D eigenvalue weighted by molar-refractivity contribution is -0.0963. The van der Waals surface area contributed by atoms with Crippen LogP contribution in [0.3, 0.4) is 0 Å². The fourth-order valence-corrected chi connectivity index (χ4v) is 8.22. The highest BCUT2D eigenvalue weighted by atomic mass is 127. The molecule has 3 fully saturated rings. The predicted molar refractivity (Wildman–Crippen MR) is 133 cm³/mol. The number of carbonyl (C=O) groups is 1. The summed E-state index contributed by atoms with van der Waals surface area (Å²) in [5.41, 5.74) is 1.23. The minimum absolute atomic E-state index is 0.0521. The third-order valence-corrected chi connectivity index (χ3v) is 10.9. The van der Waals surface area contributed by atoms with Gasteiger partial charge in [-0.15, -0.1) is 0 Å². The molecule has 0 radical (unpaired) electrons. The molecular formula is C21H26I3NO2. The van der Waals surface area contributed by atoms with Crippen LogP contribution in [0.2, 0.25) is 0 Å². The number of hydrogen-bond acceptors (Lipinski definition) is 3. The van der Waals surface area contributed by atoms with Gasteiger partial charge in [0.2, 0.25) is 0 Å². The van der Waals surface area contributed by atoms with Gasteiger partial charge in [-0.1, -0.05) is 25.7 Å². The molecule has 2 spiro atoms. The molecule has 27 heavy (non-hydrogen) atoms. The second-order valence-corrected chi connectivity index (χ2v) is 12.1. The highest BCUT2D eigenvalue weighted by molar-refractivity contribution is 14.1. The van der Waals surface area contributed by atoms with Crippen molar-refractivity contribution in [1.82, 2.24) is 4.90 Å². The summed E-state index contributed by atoms with van der Waals surface area (Å²) in [7, 11) is 2.36. The van der Waals surface area contributed by atoms with Crippen LogP contribution in [-0.2, 0) is 4.74 Å². The van der Waals surface area contributed by atoms with Crippen LogP contribution in [0.25, 0.3) is 0 Å². The summed E-state index contributed by atoms with van der Waals surface area (Å²) < 4.78 is 9.44. The fraction of sp³-hybridized carbons (Fsp3) is 0.667. The molecule has 1 aromatic rings. The Kier molecular flexibility index (Phi) is 6.38. The van der Waals surface area contributed by atoms with Gasteiger partial charge in [-0.3, -0.25) is 4.90 Å². The first kappa shape index (κ1) is 21.1. The SMILES string of the molecule is CN1C2(CCCC2)CC(OC(=O)c2cc(I)cc(I)c2I)CC12CCCC2. The lowest BCUT2D eigenvalue weighted by Crippen LogP contribution is -2.63. The van der Waals surface area contributed by atoms with Crippen LogP contribution in [0.4, 0.5) is 0 Å². The quantitative estimate of drug-likeness (QED) is 0.204. The van der Waals surface area contributed by atoms with Gasteiger partial charge in [0.05, 0.1) is 5.56 Å². The van der Waals surface area contributed by atoms with Crippen LogP contribution in [0, 0.1) is 10.7 Å². The van der Waals surface area contributed by atoms with Gasteiger partial charge in [-0.25, -0.2) is 4.79 Å². The van der Waals surface area contributed by atoms with Gasteiger partial charge in [0.1, 0.15) is 6.10 Å². The smallest absolute Gasteiger partial charge is 0.339 e. The van der Waals surface area contributed by atoms with Gasteiger partial charge in [-0.2, -0.15) is 0 Å². The summed E-state index contributed by atoms with van der Waals surface area (Å²) in [5, 5.41) is 0. The van der Waals surface area contributed by atoms with E-state index in [2.05, 4.69) is 85.8 Å². The average molecular weight is 705 g/mol. The molecule has 4 rings (SSSR count). The average Bonchev–Trinajstić information content (AvgIpc) is 3.27. The second kappa shape index (κ2) is 8.17. The normalized spacial score (nSPS) is 26.7. The minimum atomic E-state index is -0.133. The Labute approximate surface area is 203 Å². The zero-order valence-electron chi connectivity index (χ0n) is 15.7. The lowest BCUT2D eigenvalue weighted by Gasteiger charge is -2.56. The molecule has 3 aliphatic rings. The van der Waals surface area contributed by atoms with Crippen LogP contribution < -0.4 is 0 Å². The Morgan fingerprint density at radius 2 is 1.52 bits per heavy atom. The van der Waals surface area contributed by atoms with Crippen LogP contribution in [0.1, 0.15) is 74.6 Å². The van der Waals surface area contributed by atoms with Crippen molar-refractivity contribution >= 4 is 73.7 Å². The lowest BCUT2D eigenvalue weighted by atomic mass is 9.73. The van der Waals surface area contributed by atoms with Crippen LogP contribution in [0.15, 0.2) is 12.1 Å². The molecule has 0 unspecified atom stereocenters. The molecule has 0 amide bonds. The Morgan fingerprint density at radius 3 is 2.04 bits per heavy atom. The summed E-state index contributed by atoms with van der Waals surface area (Å²) in [6.07, 6.45) is 12.4. The van der Waals surface area contributed by atoms with Gasteiger partial charge in [0.15, 0.2) is 0 Å². The molecule has 0 aromatic heterocycles. The van der Waals surface area contributed by atoms with Crippen LogP contribution in [0.5, 0.6) is 0 Å². The maximum atomic E-state index is 13.1. The Hall–Kier alpha value is 0.840. The van der Waals surface area contributed by atoms with E-state index >= 15 is 0 Å². The summed E-state index contributed by atoms with van der Waals surface area (Å²) in [5.74, 6) is -0.133. The van der Waals surface area contributed by atoms with Crippen molar-refractivity contribution in [2.24, 2.45) is 0 Å². The number of likely N-dealkylation sites (tertiary alicyclic amines) is 1. The third-order valence-electron chi connectivity index (χ3n) is 7.19. The first-order valence-electron chi connectivity index (χ1n) is 9.95. The number of esters is 1. The van der Waals surface area contributed by atoms with E-state index in [1.54, 1.807) is 0 Å². The van der Waals surface area contributed by atoms with Crippen molar-refractivity contribution in [3.8, 4) is 0 Å². The zero-order valence-corrected chi connectivity index (χ0v) is 22.2. The number of rotatable bonds is 2. The van der Waals surface area contributed by atoms with Crippen molar-refractivity contribution in [3.05, 3.63) is 28.4 Å². The number of hydrogen-bond donors (Lipinski definition) is 0. The number of nitrogens with zero attached hydrogens (tertiary/aromatic N) is 1. The van der Waals surface area contributed by atoms with E-state index in [1.807, 2.05) is 6.07 Å². The molecule has 1 aromatic carbocycles. The molecule has 0 N–H and O–H groups in total. The first-order chi connectivity index (χ1) is 12.9. The van der Waals surface area contributed by atoms with Gasteiger partial charge >= 0.3 is 5.97 Å². The topological polar surface area (TPSA) is 29.5 Å². The minimum Gasteiger partial charge on any atom is -0.459 e. The summed E-state index contributed by atoms with van der Waals surface area (Å²) in [4.78, 5) is 15.8. The maximum Gasteiger partial charge on any atom is 0.339 e. The first-order valence-corrected chi connectivity index (χ1v) is 13.2. The van der Waals surface area contributed by atoms with Crippen molar-refractivity contribution in [2.45, 2.75) is 81.4 Å². The molecule has 2 aliphatic carbocycles. The van der Waals surface area contributed by atoms with Crippen molar-refractivity contribution in [1.29, 1.82) is 0 Å². The number of carbonyl (C=O) groups excluding carboxylic acids is 1. The van der Waals surface area contributed by atoms with Gasteiger partial charge in [0.25, 0.3) is 0 Å². The molecular weight excluding hydrogens is 679 g/mol. The molecule has 2 saturated carbocycles.